The van der Waals surface area contributed by atoms with Crippen LogP contribution in [-0.2, 0) is 9.59 Å². The first kappa shape index (κ1) is 14.2. The van der Waals surface area contributed by atoms with Gasteiger partial charge in [0, 0.05) is 17.1 Å². The third-order valence-electron chi connectivity index (χ3n) is 2.18. The van der Waals surface area contributed by atoms with Crippen LogP contribution in [0.5, 0.6) is 0 Å². The van der Waals surface area contributed by atoms with Crippen LogP contribution >= 0.6 is 15.9 Å². The van der Waals surface area contributed by atoms with E-state index < -0.39 is 23.8 Å². The minimum Gasteiger partial charge on any atom is -0.480 e. The van der Waals surface area contributed by atoms with Crippen LogP contribution < -0.4 is 11.1 Å². The highest BCUT2D eigenvalue weighted by molar-refractivity contribution is 9.10. The Morgan fingerprint density at radius 2 is 2.17 bits per heavy atom. The Morgan fingerprint density at radius 3 is 2.61 bits per heavy atom. The zero-order valence-corrected chi connectivity index (χ0v) is 10.9. The molecule has 1 atom stereocenters. The third kappa shape index (κ3) is 4.21. The maximum absolute atomic E-state index is 11.7. The van der Waals surface area contributed by atoms with Gasteiger partial charge in [-0.15, -0.1) is 0 Å². The van der Waals surface area contributed by atoms with Crippen LogP contribution in [0, 0.1) is 0 Å². The number of aliphatic carboxylic acids is 1. The summed E-state index contributed by atoms with van der Waals surface area (Å²) in [5, 5.41) is 11.2. The predicted molar refractivity (Wildman–Crippen MR) is 65.8 cm³/mol. The second-order valence-corrected chi connectivity index (χ2v) is 4.52. The second kappa shape index (κ2) is 6.20. The quantitative estimate of drug-likeness (QED) is 0.599. The number of hydrogen-bond donors (Lipinski definition) is 4. The Balaban J connectivity index is 2.63. The number of amides is 2. The van der Waals surface area contributed by atoms with E-state index in [0.29, 0.717) is 4.47 Å². The Kier molecular flexibility index (Phi) is 4.90. The summed E-state index contributed by atoms with van der Waals surface area (Å²) in [5.74, 6) is -2.38. The molecule has 2 amide bonds. The van der Waals surface area contributed by atoms with Crippen molar-refractivity contribution < 1.29 is 19.5 Å². The molecule has 5 N–H and O–H groups in total. The highest BCUT2D eigenvalue weighted by Gasteiger charge is 2.21. The molecule has 1 heterocycles. The minimum atomic E-state index is -1.21. The van der Waals surface area contributed by atoms with E-state index in [-0.39, 0.29) is 18.5 Å². The summed E-state index contributed by atoms with van der Waals surface area (Å²) < 4.78 is 0.677. The number of nitrogens with two attached hydrogens (primary N) is 1. The van der Waals surface area contributed by atoms with Crippen molar-refractivity contribution in [1.29, 1.82) is 0 Å². The predicted octanol–water partition coefficient (Wildman–Crippen LogP) is 0.226. The number of rotatable bonds is 6. The molecule has 0 aliphatic carbocycles. The third-order valence-corrected chi connectivity index (χ3v) is 2.63. The van der Waals surface area contributed by atoms with Crippen LogP contribution in [0.15, 0.2) is 16.7 Å². The van der Waals surface area contributed by atoms with Crippen LogP contribution in [0.2, 0.25) is 0 Å². The number of hydrogen-bond acceptors (Lipinski definition) is 3. The average molecular weight is 318 g/mol. The fourth-order valence-corrected chi connectivity index (χ4v) is 1.62. The van der Waals surface area contributed by atoms with Crippen LogP contribution in [0.4, 0.5) is 0 Å². The van der Waals surface area contributed by atoms with Crippen molar-refractivity contribution >= 4 is 33.7 Å². The van der Waals surface area contributed by atoms with Crippen molar-refractivity contribution in [2.45, 2.75) is 18.9 Å². The number of aromatic nitrogens is 1. The van der Waals surface area contributed by atoms with Crippen molar-refractivity contribution in [3.8, 4) is 0 Å². The number of carboxylic acid groups (broad SMARTS) is 1. The number of primary amides is 1. The highest BCUT2D eigenvalue weighted by Crippen LogP contribution is 2.10. The first-order valence-electron chi connectivity index (χ1n) is 5.06. The molecule has 0 fully saturated rings. The maximum Gasteiger partial charge on any atom is 0.326 e. The summed E-state index contributed by atoms with van der Waals surface area (Å²) in [7, 11) is 0. The molecule has 0 saturated carbocycles. The molecule has 1 aromatic rings. The lowest BCUT2D eigenvalue weighted by molar-refractivity contribution is -0.139. The summed E-state index contributed by atoms with van der Waals surface area (Å²) in [5.41, 5.74) is 5.16. The molecule has 98 valence electrons. The summed E-state index contributed by atoms with van der Waals surface area (Å²) in [6.07, 6.45) is 1.40. The molecule has 0 aliphatic rings. The first-order chi connectivity index (χ1) is 8.40. The van der Waals surface area contributed by atoms with Crippen molar-refractivity contribution in [2.24, 2.45) is 5.73 Å². The Hall–Kier alpha value is -1.83. The molecule has 7 nitrogen and oxygen atoms in total. The van der Waals surface area contributed by atoms with Crippen LogP contribution in [0.3, 0.4) is 0 Å². The fourth-order valence-electron chi connectivity index (χ4n) is 1.28. The smallest absolute Gasteiger partial charge is 0.326 e. The maximum atomic E-state index is 11.7. The first-order valence-corrected chi connectivity index (χ1v) is 5.85. The Bertz CT molecular complexity index is 471. The van der Waals surface area contributed by atoms with Gasteiger partial charge in [-0.05, 0) is 28.4 Å². The Morgan fingerprint density at radius 1 is 1.50 bits per heavy atom. The fraction of sp³-hybridized carbons (Fsp3) is 0.300. The number of aromatic amines is 1. The molecule has 1 rings (SSSR count). The largest absolute Gasteiger partial charge is 0.480 e. The van der Waals surface area contributed by atoms with Crippen LogP contribution in [0.1, 0.15) is 23.3 Å². The van der Waals surface area contributed by atoms with E-state index in [2.05, 4.69) is 26.2 Å². The Labute approximate surface area is 111 Å². The monoisotopic (exact) mass is 317 g/mol. The molecule has 8 heteroatoms. The molecular weight excluding hydrogens is 306 g/mol. The van der Waals surface area contributed by atoms with Gasteiger partial charge in [-0.3, -0.25) is 9.59 Å². The van der Waals surface area contributed by atoms with Gasteiger partial charge >= 0.3 is 5.97 Å². The van der Waals surface area contributed by atoms with Crippen molar-refractivity contribution in [3.05, 3.63) is 22.4 Å². The SMILES string of the molecule is NC(=O)CCC(NC(=O)c1cc(Br)c[nH]1)C(=O)O. The van der Waals surface area contributed by atoms with E-state index in [1.807, 2.05) is 0 Å². The van der Waals surface area contributed by atoms with Gasteiger partial charge in [-0.2, -0.15) is 0 Å². The molecule has 0 bridgehead atoms. The highest BCUT2D eigenvalue weighted by atomic mass is 79.9. The van der Waals surface area contributed by atoms with Crippen molar-refractivity contribution in [2.75, 3.05) is 0 Å². The number of H-pyrrole nitrogens is 1. The van der Waals surface area contributed by atoms with Crippen LogP contribution in [0.25, 0.3) is 0 Å². The molecule has 18 heavy (non-hydrogen) atoms. The van der Waals surface area contributed by atoms with Crippen molar-refractivity contribution in [3.63, 3.8) is 0 Å². The lowest BCUT2D eigenvalue weighted by Crippen LogP contribution is -2.41. The van der Waals surface area contributed by atoms with Gasteiger partial charge < -0.3 is 21.1 Å². The summed E-state index contributed by atoms with van der Waals surface area (Å²) in [4.78, 5) is 35.8. The van der Waals surface area contributed by atoms with Gasteiger partial charge in [0.25, 0.3) is 5.91 Å². The minimum absolute atomic E-state index is 0.0434. The molecule has 0 aromatic carbocycles. The number of carboxylic acids is 1. The van der Waals surface area contributed by atoms with Gasteiger partial charge in [0.1, 0.15) is 11.7 Å². The molecule has 1 unspecified atom stereocenters. The zero-order valence-electron chi connectivity index (χ0n) is 9.27. The van der Waals surface area contributed by atoms with E-state index in [1.54, 1.807) is 6.20 Å². The van der Waals surface area contributed by atoms with E-state index in [0.717, 1.165) is 0 Å². The second-order valence-electron chi connectivity index (χ2n) is 3.60. The normalized spacial score (nSPS) is 11.8. The molecule has 0 saturated heterocycles. The zero-order chi connectivity index (χ0) is 13.7. The van der Waals surface area contributed by atoms with Crippen LogP contribution in [-0.4, -0.2) is 33.9 Å². The summed E-state index contributed by atoms with van der Waals surface area (Å²) in [6, 6.07) is 0.370. The average Bonchev–Trinajstić information content (AvgIpc) is 2.70. The van der Waals surface area contributed by atoms with Crippen molar-refractivity contribution in [1.82, 2.24) is 10.3 Å². The topological polar surface area (TPSA) is 125 Å². The number of nitrogens with one attached hydrogen (secondary N) is 2. The van der Waals surface area contributed by atoms with Gasteiger partial charge in [0.2, 0.25) is 5.91 Å². The molecular formula is C10H12BrN3O4. The van der Waals surface area contributed by atoms with Gasteiger partial charge in [-0.1, -0.05) is 0 Å². The number of carbonyl (C=O) groups is 3. The summed E-state index contributed by atoms with van der Waals surface area (Å²) in [6.45, 7) is 0. The lowest BCUT2D eigenvalue weighted by atomic mass is 10.1. The molecule has 0 spiro atoms. The van der Waals surface area contributed by atoms with E-state index in [1.165, 1.54) is 6.07 Å². The number of halogens is 1. The van der Waals surface area contributed by atoms with E-state index in [9.17, 15) is 14.4 Å². The number of carbonyl (C=O) groups excluding carboxylic acids is 2. The summed E-state index contributed by atoms with van der Waals surface area (Å²) >= 11 is 3.16. The molecule has 0 aliphatic heterocycles. The van der Waals surface area contributed by atoms with E-state index >= 15 is 0 Å². The van der Waals surface area contributed by atoms with Gasteiger partial charge in [0.05, 0.1) is 0 Å². The van der Waals surface area contributed by atoms with Gasteiger partial charge in [0.15, 0.2) is 0 Å². The molecule has 0 radical (unpaired) electrons. The molecule has 1 aromatic heterocycles. The van der Waals surface area contributed by atoms with Gasteiger partial charge in [-0.25, -0.2) is 4.79 Å². The standard InChI is InChI=1S/C10H12BrN3O4/c11-5-3-7(13-4-5)9(16)14-6(10(17)18)1-2-8(12)15/h3-4,6,13H,1-2H2,(H2,12,15)(H,14,16)(H,17,18). The lowest BCUT2D eigenvalue weighted by Gasteiger charge is -2.12. The van der Waals surface area contributed by atoms with E-state index in [4.69, 9.17) is 10.8 Å².